The van der Waals surface area contributed by atoms with Crippen molar-refractivity contribution < 1.29 is 17.9 Å². The molecule has 0 saturated heterocycles. The van der Waals surface area contributed by atoms with Gasteiger partial charge in [0.25, 0.3) is 0 Å². The largest absolute Gasteiger partial charge is 0.476 e. The Morgan fingerprint density at radius 2 is 1.95 bits per heavy atom. The Bertz CT molecular complexity index is 675. The Hall–Kier alpha value is -1.46. The van der Waals surface area contributed by atoms with Crippen molar-refractivity contribution in [3.63, 3.8) is 0 Å². The molecule has 1 unspecified atom stereocenters. The molecule has 2 aromatic rings. The quantitative estimate of drug-likeness (QED) is 0.684. The molecule has 0 radical (unpaired) electrons. The molecule has 0 spiro atoms. The topological polar surface area (TPSA) is 9.23 Å². The van der Waals surface area contributed by atoms with Gasteiger partial charge in [-0.1, -0.05) is 17.7 Å². The van der Waals surface area contributed by atoms with E-state index in [2.05, 4.69) is 0 Å². The Morgan fingerprint density at radius 3 is 2.60 bits per heavy atom. The molecule has 6 heteroatoms. The highest BCUT2D eigenvalue weighted by Gasteiger charge is 2.41. The lowest BCUT2D eigenvalue weighted by Crippen LogP contribution is -2.33. The number of alkyl halides is 3. The minimum absolute atomic E-state index is 0.237. The number of hydrogen-bond donors (Lipinski definition) is 0. The van der Waals surface area contributed by atoms with Gasteiger partial charge in [-0.2, -0.15) is 13.2 Å². The monoisotopic (exact) mass is 316 g/mol. The van der Waals surface area contributed by atoms with Crippen LogP contribution in [0, 0.1) is 0 Å². The molecule has 20 heavy (non-hydrogen) atoms. The van der Waals surface area contributed by atoms with Crippen LogP contribution in [-0.2, 0) is 0 Å². The molecule has 0 N–H and O–H groups in total. The first kappa shape index (κ1) is 13.5. The molecule has 3 rings (SSSR count). The average Bonchev–Trinajstić information content (AvgIpc) is 2.83. The maximum Gasteiger partial charge on any atom is 0.429 e. The summed E-state index contributed by atoms with van der Waals surface area (Å²) in [5.41, 5.74) is 1.53. The number of hydrogen-bond acceptors (Lipinski definition) is 2. The van der Waals surface area contributed by atoms with E-state index >= 15 is 0 Å². The van der Waals surface area contributed by atoms with Crippen molar-refractivity contribution in [3.05, 3.63) is 46.3 Å². The van der Waals surface area contributed by atoms with Crippen LogP contribution in [0.5, 0.6) is 5.75 Å². The lowest BCUT2D eigenvalue weighted by Gasteiger charge is -2.23. The van der Waals surface area contributed by atoms with E-state index in [1.165, 1.54) is 17.4 Å². The van der Waals surface area contributed by atoms with Crippen LogP contribution in [0.3, 0.4) is 0 Å². The van der Waals surface area contributed by atoms with Crippen molar-refractivity contribution in [1.29, 1.82) is 0 Å². The molecule has 104 valence electrons. The molecular formula is C14H8ClF3OS. The van der Waals surface area contributed by atoms with E-state index in [9.17, 15) is 13.2 Å². The van der Waals surface area contributed by atoms with Gasteiger partial charge in [-0.15, -0.1) is 11.3 Å². The molecule has 1 aliphatic heterocycles. The van der Waals surface area contributed by atoms with Crippen LogP contribution < -0.4 is 4.74 Å². The molecule has 1 aromatic heterocycles. The molecular weight excluding hydrogens is 309 g/mol. The maximum absolute atomic E-state index is 12.6. The standard InChI is InChI=1S/C14H8ClF3OS/c15-13-6-4-11(20-13)9-1-3-10-8(7-9)2-5-12(19-10)14(16,17)18/h1-7,12H. The summed E-state index contributed by atoms with van der Waals surface area (Å²) in [6.07, 6.45) is -3.81. The van der Waals surface area contributed by atoms with E-state index in [1.807, 2.05) is 6.07 Å². The third-order valence-electron chi connectivity index (χ3n) is 2.89. The number of ether oxygens (including phenoxy) is 1. The summed E-state index contributed by atoms with van der Waals surface area (Å²) in [5, 5.41) is 0. The van der Waals surface area contributed by atoms with E-state index in [-0.39, 0.29) is 5.75 Å². The Kier molecular flexibility index (Phi) is 3.26. The molecule has 0 amide bonds. The van der Waals surface area contributed by atoms with Crippen molar-refractivity contribution >= 4 is 29.0 Å². The maximum atomic E-state index is 12.6. The predicted molar refractivity (Wildman–Crippen MR) is 74.3 cm³/mol. The van der Waals surface area contributed by atoms with Crippen LogP contribution in [0.2, 0.25) is 4.34 Å². The van der Waals surface area contributed by atoms with Crippen LogP contribution in [0.1, 0.15) is 5.56 Å². The fourth-order valence-electron chi connectivity index (χ4n) is 1.95. The summed E-state index contributed by atoms with van der Waals surface area (Å²) in [5.74, 6) is 0.237. The molecule has 2 heterocycles. The molecule has 0 aliphatic carbocycles. The van der Waals surface area contributed by atoms with Gasteiger partial charge in [-0.3, -0.25) is 0 Å². The summed E-state index contributed by atoms with van der Waals surface area (Å²) in [6.45, 7) is 0. The van der Waals surface area contributed by atoms with Crippen molar-refractivity contribution in [2.45, 2.75) is 12.3 Å². The molecule has 1 aliphatic rings. The fourth-order valence-corrected chi connectivity index (χ4v) is 2.99. The zero-order valence-corrected chi connectivity index (χ0v) is 11.5. The second kappa shape index (κ2) is 4.82. The minimum Gasteiger partial charge on any atom is -0.476 e. The van der Waals surface area contributed by atoms with Gasteiger partial charge in [0, 0.05) is 10.4 Å². The molecule has 0 bridgehead atoms. The molecule has 1 aromatic carbocycles. The molecule has 0 saturated carbocycles. The Labute approximate surface area is 122 Å². The summed E-state index contributed by atoms with van der Waals surface area (Å²) in [4.78, 5) is 0.962. The van der Waals surface area contributed by atoms with E-state index in [0.29, 0.717) is 9.90 Å². The van der Waals surface area contributed by atoms with E-state index < -0.39 is 12.3 Å². The number of halogens is 4. The second-order valence-corrected chi connectivity index (χ2v) is 6.01. The molecule has 1 nitrogen and oxygen atoms in total. The highest BCUT2D eigenvalue weighted by Crippen LogP contribution is 2.37. The van der Waals surface area contributed by atoms with Crippen LogP contribution in [0.15, 0.2) is 36.4 Å². The van der Waals surface area contributed by atoms with Crippen LogP contribution in [0.25, 0.3) is 16.5 Å². The number of thiophene rings is 1. The highest BCUT2D eigenvalue weighted by atomic mass is 35.5. The van der Waals surface area contributed by atoms with Gasteiger partial charge >= 0.3 is 6.18 Å². The zero-order valence-electron chi connectivity index (χ0n) is 9.95. The van der Waals surface area contributed by atoms with E-state index in [0.717, 1.165) is 16.5 Å². The van der Waals surface area contributed by atoms with E-state index in [4.69, 9.17) is 16.3 Å². The number of rotatable bonds is 1. The normalized spacial score (nSPS) is 17.7. The molecule has 1 atom stereocenters. The lowest BCUT2D eigenvalue weighted by atomic mass is 10.0. The first-order chi connectivity index (χ1) is 9.43. The van der Waals surface area contributed by atoms with Crippen molar-refractivity contribution in [3.8, 4) is 16.2 Å². The summed E-state index contributed by atoms with van der Waals surface area (Å²) >= 11 is 7.29. The number of benzene rings is 1. The smallest absolute Gasteiger partial charge is 0.429 e. The van der Waals surface area contributed by atoms with Crippen molar-refractivity contribution in [1.82, 2.24) is 0 Å². The van der Waals surface area contributed by atoms with Crippen LogP contribution >= 0.6 is 22.9 Å². The predicted octanol–water partition coefficient (Wildman–Crippen LogP) is 5.41. The van der Waals surface area contributed by atoms with Crippen molar-refractivity contribution in [2.75, 3.05) is 0 Å². The summed E-state index contributed by atoms with van der Waals surface area (Å²) in [7, 11) is 0. The molecule has 0 fully saturated rings. The van der Waals surface area contributed by atoms with Gasteiger partial charge in [0.05, 0.1) is 4.34 Å². The third kappa shape index (κ3) is 2.55. The summed E-state index contributed by atoms with van der Waals surface area (Å²) < 4.78 is 43.4. The fraction of sp³-hybridized carbons (Fsp3) is 0.143. The Morgan fingerprint density at radius 1 is 1.15 bits per heavy atom. The average molecular weight is 317 g/mol. The Balaban J connectivity index is 1.94. The van der Waals surface area contributed by atoms with Gasteiger partial charge in [-0.05, 0) is 42.0 Å². The van der Waals surface area contributed by atoms with Gasteiger partial charge in [0.15, 0.2) is 0 Å². The first-order valence-electron chi connectivity index (χ1n) is 5.75. The highest BCUT2D eigenvalue weighted by molar-refractivity contribution is 7.19. The first-order valence-corrected chi connectivity index (χ1v) is 6.94. The number of fused-ring (bicyclic) bond motifs is 1. The van der Waals surface area contributed by atoms with Crippen molar-refractivity contribution in [2.24, 2.45) is 0 Å². The van der Waals surface area contributed by atoms with Crippen LogP contribution in [0.4, 0.5) is 13.2 Å². The summed E-state index contributed by atoms with van der Waals surface area (Å²) in [6, 6.07) is 8.74. The SMILES string of the molecule is FC(F)(F)C1C=Cc2cc(-c3ccc(Cl)s3)ccc2O1. The zero-order chi connectivity index (χ0) is 14.3. The van der Waals surface area contributed by atoms with Gasteiger partial charge in [-0.25, -0.2) is 0 Å². The minimum atomic E-state index is -4.39. The lowest BCUT2D eigenvalue weighted by molar-refractivity contribution is -0.180. The van der Waals surface area contributed by atoms with E-state index in [1.54, 1.807) is 24.3 Å². The van der Waals surface area contributed by atoms with Gasteiger partial charge in [0.1, 0.15) is 5.75 Å². The van der Waals surface area contributed by atoms with Gasteiger partial charge in [0.2, 0.25) is 6.10 Å². The third-order valence-corrected chi connectivity index (χ3v) is 4.17. The van der Waals surface area contributed by atoms with Gasteiger partial charge < -0.3 is 4.74 Å². The van der Waals surface area contributed by atoms with Crippen LogP contribution in [-0.4, -0.2) is 12.3 Å². The second-order valence-electron chi connectivity index (χ2n) is 4.30.